The largest absolute Gasteiger partial charge is 0.480 e. The average molecular weight is 405 g/mol. The summed E-state index contributed by atoms with van der Waals surface area (Å²) in [5, 5.41) is 4.21. The van der Waals surface area contributed by atoms with E-state index in [-0.39, 0.29) is 19.3 Å². The fraction of sp³-hybridized carbons (Fsp3) is 0.158. The van der Waals surface area contributed by atoms with Gasteiger partial charge in [-0.05, 0) is 37.3 Å². The maximum absolute atomic E-state index is 12.3. The van der Waals surface area contributed by atoms with Crippen molar-refractivity contribution in [3.05, 3.63) is 52.1 Å². The van der Waals surface area contributed by atoms with E-state index in [0.29, 0.717) is 43.9 Å². The molecule has 0 bridgehead atoms. The summed E-state index contributed by atoms with van der Waals surface area (Å²) in [6.07, 6.45) is 0. The van der Waals surface area contributed by atoms with Crippen LogP contribution in [0.3, 0.4) is 0 Å². The van der Waals surface area contributed by atoms with Crippen LogP contribution in [0.5, 0.6) is 17.2 Å². The molecule has 138 valence electrons. The van der Waals surface area contributed by atoms with Crippen LogP contribution < -0.4 is 19.5 Å². The van der Waals surface area contributed by atoms with Crippen molar-refractivity contribution in [1.82, 2.24) is 4.98 Å². The van der Waals surface area contributed by atoms with Crippen molar-refractivity contribution in [3.63, 3.8) is 0 Å². The lowest BCUT2D eigenvalue weighted by atomic mass is 10.2. The second kappa shape index (κ2) is 7.13. The summed E-state index contributed by atoms with van der Waals surface area (Å²) in [6.45, 7) is 1.79. The molecule has 8 heteroatoms. The third kappa shape index (κ3) is 3.59. The van der Waals surface area contributed by atoms with Crippen LogP contribution >= 0.6 is 23.2 Å². The summed E-state index contributed by atoms with van der Waals surface area (Å²) in [6, 6.07) is 10.4. The number of aromatic nitrogens is 1. The zero-order valence-electron chi connectivity index (χ0n) is 14.2. The predicted molar refractivity (Wildman–Crippen MR) is 103 cm³/mol. The van der Waals surface area contributed by atoms with Crippen LogP contribution in [0.2, 0.25) is 10.0 Å². The number of aryl methyl sites for hydroxylation is 1. The van der Waals surface area contributed by atoms with E-state index in [1.807, 2.05) is 19.1 Å². The van der Waals surface area contributed by atoms with Crippen LogP contribution in [0.25, 0.3) is 10.9 Å². The van der Waals surface area contributed by atoms with Crippen molar-refractivity contribution >= 4 is 45.7 Å². The molecule has 1 N–H and O–H groups in total. The topological polar surface area (TPSA) is 69.7 Å². The SMILES string of the molecule is Cc1ccc2c(Cl)cc(Cl)c(OCC(=O)Nc3ccc4c(c3)OCO4)c2n1. The molecule has 1 aliphatic heterocycles. The van der Waals surface area contributed by atoms with Crippen molar-refractivity contribution in [3.8, 4) is 17.2 Å². The van der Waals surface area contributed by atoms with E-state index in [2.05, 4.69) is 10.3 Å². The van der Waals surface area contributed by atoms with Gasteiger partial charge < -0.3 is 19.5 Å². The molecule has 0 unspecified atom stereocenters. The first kappa shape index (κ1) is 17.7. The van der Waals surface area contributed by atoms with Gasteiger partial charge in [0, 0.05) is 22.8 Å². The Labute approximate surface area is 165 Å². The van der Waals surface area contributed by atoms with Gasteiger partial charge in [-0.2, -0.15) is 0 Å². The van der Waals surface area contributed by atoms with E-state index >= 15 is 0 Å². The molecule has 0 saturated heterocycles. The Morgan fingerprint density at radius 2 is 1.96 bits per heavy atom. The number of halogens is 2. The zero-order valence-corrected chi connectivity index (χ0v) is 15.7. The molecule has 27 heavy (non-hydrogen) atoms. The number of rotatable bonds is 4. The minimum atomic E-state index is -0.347. The first-order valence-electron chi connectivity index (χ1n) is 8.09. The molecular weight excluding hydrogens is 391 g/mol. The van der Waals surface area contributed by atoms with Gasteiger partial charge in [-0.3, -0.25) is 4.79 Å². The van der Waals surface area contributed by atoms with Gasteiger partial charge in [0.25, 0.3) is 5.91 Å². The van der Waals surface area contributed by atoms with E-state index in [1.54, 1.807) is 24.3 Å². The maximum atomic E-state index is 12.3. The number of carbonyl (C=O) groups excluding carboxylic acids is 1. The van der Waals surface area contributed by atoms with Crippen LogP contribution in [0.1, 0.15) is 5.69 Å². The van der Waals surface area contributed by atoms with Crippen molar-refractivity contribution in [2.75, 3.05) is 18.7 Å². The molecule has 4 rings (SSSR count). The number of hydrogen-bond acceptors (Lipinski definition) is 5. The molecule has 1 aromatic heterocycles. The molecule has 2 heterocycles. The summed E-state index contributed by atoms with van der Waals surface area (Å²) >= 11 is 12.5. The molecule has 0 aliphatic carbocycles. The van der Waals surface area contributed by atoms with Crippen LogP contribution in [0.15, 0.2) is 36.4 Å². The number of anilines is 1. The Morgan fingerprint density at radius 1 is 1.15 bits per heavy atom. The number of carbonyl (C=O) groups is 1. The van der Waals surface area contributed by atoms with E-state index in [4.69, 9.17) is 37.4 Å². The summed E-state index contributed by atoms with van der Waals surface area (Å²) in [5.41, 5.74) is 1.88. The molecule has 6 nitrogen and oxygen atoms in total. The second-order valence-electron chi connectivity index (χ2n) is 5.92. The molecule has 2 aromatic carbocycles. The molecule has 1 amide bonds. The highest BCUT2D eigenvalue weighted by molar-refractivity contribution is 6.39. The number of ether oxygens (including phenoxy) is 3. The molecule has 0 fully saturated rings. The number of nitrogens with zero attached hydrogens (tertiary/aromatic N) is 1. The molecule has 0 radical (unpaired) electrons. The Morgan fingerprint density at radius 3 is 2.81 bits per heavy atom. The molecule has 0 atom stereocenters. The molecule has 1 aliphatic rings. The Kier molecular flexibility index (Phi) is 4.68. The normalized spacial score (nSPS) is 12.3. The van der Waals surface area contributed by atoms with Crippen molar-refractivity contribution in [2.45, 2.75) is 6.92 Å². The van der Waals surface area contributed by atoms with E-state index in [1.165, 1.54) is 0 Å². The van der Waals surface area contributed by atoms with Crippen molar-refractivity contribution < 1.29 is 19.0 Å². The van der Waals surface area contributed by atoms with Gasteiger partial charge in [0.1, 0.15) is 5.52 Å². The lowest BCUT2D eigenvalue weighted by Gasteiger charge is -2.12. The minimum absolute atomic E-state index is 0.171. The van der Waals surface area contributed by atoms with Gasteiger partial charge in [-0.1, -0.05) is 23.2 Å². The van der Waals surface area contributed by atoms with Gasteiger partial charge in [0.15, 0.2) is 23.9 Å². The summed E-state index contributed by atoms with van der Waals surface area (Å²) in [4.78, 5) is 16.7. The van der Waals surface area contributed by atoms with E-state index in [0.717, 1.165) is 5.69 Å². The number of amides is 1. The van der Waals surface area contributed by atoms with Crippen molar-refractivity contribution in [1.29, 1.82) is 0 Å². The van der Waals surface area contributed by atoms with Crippen LogP contribution in [-0.2, 0) is 4.79 Å². The Hall–Kier alpha value is -2.70. The number of nitrogens with one attached hydrogen (secondary N) is 1. The van der Waals surface area contributed by atoms with Gasteiger partial charge in [0.2, 0.25) is 6.79 Å². The monoisotopic (exact) mass is 404 g/mol. The predicted octanol–water partition coefficient (Wildman–Crippen LogP) is 4.60. The first-order chi connectivity index (χ1) is 13.0. The minimum Gasteiger partial charge on any atom is -0.480 e. The fourth-order valence-corrected chi connectivity index (χ4v) is 3.31. The number of benzene rings is 2. The number of fused-ring (bicyclic) bond motifs is 2. The summed E-state index contributed by atoms with van der Waals surface area (Å²) in [5.74, 6) is 1.20. The number of pyridine rings is 1. The lowest BCUT2D eigenvalue weighted by molar-refractivity contribution is -0.118. The average Bonchev–Trinajstić information content (AvgIpc) is 3.09. The Balaban J connectivity index is 1.51. The first-order valence-corrected chi connectivity index (χ1v) is 8.84. The fourth-order valence-electron chi connectivity index (χ4n) is 2.74. The highest BCUT2D eigenvalue weighted by Crippen LogP contribution is 2.37. The van der Waals surface area contributed by atoms with Gasteiger partial charge >= 0.3 is 0 Å². The van der Waals surface area contributed by atoms with Gasteiger partial charge in [-0.15, -0.1) is 0 Å². The van der Waals surface area contributed by atoms with Crippen LogP contribution in [-0.4, -0.2) is 24.3 Å². The second-order valence-corrected chi connectivity index (χ2v) is 6.74. The summed E-state index contributed by atoms with van der Waals surface area (Å²) in [7, 11) is 0. The zero-order chi connectivity index (χ0) is 19.0. The van der Waals surface area contributed by atoms with Crippen LogP contribution in [0.4, 0.5) is 5.69 Å². The lowest BCUT2D eigenvalue weighted by Crippen LogP contribution is -2.20. The molecule has 0 spiro atoms. The molecule has 3 aromatic rings. The standard InChI is InChI=1S/C19H14Cl2N2O4/c1-10-2-4-12-13(20)7-14(21)19(18(12)22-10)25-8-17(24)23-11-3-5-15-16(6-11)27-9-26-15/h2-7H,8-9H2,1H3,(H,23,24). The van der Waals surface area contributed by atoms with Gasteiger partial charge in [-0.25, -0.2) is 4.98 Å². The van der Waals surface area contributed by atoms with Gasteiger partial charge in [0.05, 0.1) is 10.0 Å². The van der Waals surface area contributed by atoms with Crippen molar-refractivity contribution in [2.24, 2.45) is 0 Å². The Bertz CT molecular complexity index is 1060. The molecule has 0 saturated carbocycles. The quantitative estimate of drug-likeness (QED) is 0.687. The third-order valence-corrected chi connectivity index (χ3v) is 4.57. The van der Waals surface area contributed by atoms with Crippen LogP contribution in [0, 0.1) is 6.92 Å². The highest BCUT2D eigenvalue weighted by Gasteiger charge is 2.16. The van der Waals surface area contributed by atoms with E-state index < -0.39 is 0 Å². The highest BCUT2D eigenvalue weighted by atomic mass is 35.5. The maximum Gasteiger partial charge on any atom is 0.262 e. The number of hydrogen-bond donors (Lipinski definition) is 1. The smallest absolute Gasteiger partial charge is 0.262 e. The third-order valence-electron chi connectivity index (χ3n) is 3.98. The molecular formula is C19H14Cl2N2O4. The summed E-state index contributed by atoms with van der Waals surface area (Å²) < 4.78 is 16.2. The van der Waals surface area contributed by atoms with E-state index in [9.17, 15) is 4.79 Å².